The number of hydrogen-bond donors (Lipinski definition) is 2. The molecule has 0 radical (unpaired) electrons. The molecule has 2 aliphatic rings. The van der Waals surface area contributed by atoms with Crippen LogP contribution in [0.2, 0.25) is 0 Å². The molecule has 6 heteroatoms. The van der Waals surface area contributed by atoms with E-state index in [2.05, 4.69) is 57.7 Å². The number of rotatable bonds is 5. The van der Waals surface area contributed by atoms with Crippen LogP contribution in [-0.4, -0.2) is 32.5 Å². The lowest BCUT2D eigenvalue weighted by atomic mass is 10.3. The van der Waals surface area contributed by atoms with Gasteiger partial charge in [-0.1, -0.05) is 26.3 Å². The maximum Gasteiger partial charge on any atom is 0.330 e. The van der Waals surface area contributed by atoms with Gasteiger partial charge in [0.25, 0.3) is 0 Å². The Hall–Kier alpha value is -4.19. The van der Waals surface area contributed by atoms with Gasteiger partial charge in [0.2, 0.25) is 0 Å². The van der Waals surface area contributed by atoms with E-state index in [4.69, 9.17) is 4.74 Å². The molecular formula is C28H28N4O2. The molecule has 0 atom stereocenters. The molecule has 0 fully saturated rings. The third-order valence-electron chi connectivity index (χ3n) is 5.20. The highest BCUT2D eigenvalue weighted by molar-refractivity contribution is 5.81. The quantitative estimate of drug-likeness (QED) is 0.180. The largest absolute Gasteiger partial charge is 0.463 e. The maximum absolute atomic E-state index is 10.4. The lowest BCUT2D eigenvalue weighted by molar-refractivity contribution is -0.137. The van der Waals surface area contributed by atoms with Gasteiger partial charge in [-0.25, -0.2) is 14.8 Å². The van der Waals surface area contributed by atoms with E-state index in [0.717, 1.165) is 64.1 Å². The number of hydrogen-bond acceptors (Lipinski definition) is 4. The number of nitrogens with one attached hydrogen (secondary N) is 2. The molecule has 2 aliphatic heterocycles. The van der Waals surface area contributed by atoms with Gasteiger partial charge >= 0.3 is 5.97 Å². The number of aromatic nitrogens is 4. The summed E-state index contributed by atoms with van der Waals surface area (Å²) in [6.45, 7) is 5.92. The molecule has 34 heavy (non-hydrogen) atoms. The predicted octanol–water partition coefficient (Wildman–Crippen LogP) is 6.56. The van der Waals surface area contributed by atoms with Gasteiger partial charge in [-0.15, -0.1) is 0 Å². The predicted molar refractivity (Wildman–Crippen MR) is 140 cm³/mol. The maximum atomic E-state index is 10.4. The van der Waals surface area contributed by atoms with Crippen molar-refractivity contribution >= 4 is 52.3 Å². The van der Waals surface area contributed by atoms with Crippen LogP contribution in [0.25, 0.3) is 46.4 Å². The summed E-state index contributed by atoms with van der Waals surface area (Å²) in [6, 6.07) is 16.4. The van der Waals surface area contributed by atoms with Crippen LogP contribution in [-0.2, 0) is 9.53 Å². The Morgan fingerprint density at radius 1 is 0.794 bits per heavy atom. The van der Waals surface area contributed by atoms with E-state index in [0.29, 0.717) is 6.61 Å². The lowest BCUT2D eigenvalue weighted by Gasteiger charge is -1.98. The van der Waals surface area contributed by atoms with E-state index >= 15 is 0 Å². The molecule has 0 saturated heterocycles. The number of unbranched alkanes of at least 4 members (excludes halogenated alkanes) is 2. The Morgan fingerprint density at radius 2 is 1.21 bits per heavy atom. The first-order valence-corrected chi connectivity index (χ1v) is 11.4. The second-order valence-electron chi connectivity index (χ2n) is 7.98. The Bertz CT molecular complexity index is 1220. The Labute approximate surface area is 198 Å². The topological polar surface area (TPSA) is 83.7 Å². The number of esters is 1. The van der Waals surface area contributed by atoms with Crippen LogP contribution in [0.5, 0.6) is 0 Å². The average molecular weight is 453 g/mol. The Balaban J connectivity index is 0.000000235. The summed E-state index contributed by atoms with van der Waals surface area (Å²) in [5.74, 6) is -0.323. The Morgan fingerprint density at radius 3 is 1.56 bits per heavy atom. The third-order valence-corrected chi connectivity index (χ3v) is 5.20. The zero-order chi connectivity index (χ0) is 23.8. The highest BCUT2D eigenvalue weighted by Crippen LogP contribution is 2.16. The zero-order valence-electron chi connectivity index (χ0n) is 19.3. The van der Waals surface area contributed by atoms with Crippen LogP contribution >= 0.6 is 0 Å². The first-order valence-electron chi connectivity index (χ1n) is 11.4. The number of carbonyl (C=O) groups is 1. The van der Waals surface area contributed by atoms with Crippen molar-refractivity contribution in [3.8, 4) is 0 Å². The Kier molecular flexibility index (Phi) is 7.50. The monoisotopic (exact) mass is 452 g/mol. The first kappa shape index (κ1) is 23.0. The number of H-pyrrole nitrogens is 2. The van der Waals surface area contributed by atoms with Gasteiger partial charge in [0.15, 0.2) is 0 Å². The van der Waals surface area contributed by atoms with Crippen molar-refractivity contribution in [1.82, 2.24) is 19.9 Å². The minimum absolute atomic E-state index is 0.323. The summed E-state index contributed by atoms with van der Waals surface area (Å²) < 4.78 is 4.74. The number of fused-ring (bicyclic) bond motifs is 8. The van der Waals surface area contributed by atoms with Gasteiger partial charge in [-0.2, -0.15) is 0 Å². The molecular weight excluding hydrogens is 424 g/mol. The van der Waals surface area contributed by atoms with Crippen LogP contribution in [0.4, 0.5) is 0 Å². The van der Waals surface area contributed by atoms with Gasteiger partial charge in [-0.3, -0.25) is 0 Å². The van der Waals surface area contributed by atoms with Gasteiger partial charge in [-0.05, 0) is 79.3 Å². The third kappa shape index (κ3) is 6.42. The molecule has 172 valence electrons. The summed E-state index contributed by atoms with van der Waals surface area (Å²) in [4.78, 5) is 26.5. The fourth-order valence-corrected chi connectivity index (χ4v) is 3.53. The van der Waals surface area contributed by atoms with Crippen LogP contribution in [0.1, 0.15) is 49.0 Å². The number of nitrogens with zero attached hydrogens (tertiary/aromatic N) is 2. The van der Waals surface area contributed by atoms with Gasteiger partial charge < -0.3 is 14.7 Å². The second kappa shape index (κ2) is 11.1. The molecule has 3 aromatic rings. The molecule has 0 unspecified atom stereocenters. The standard InChI is InChI=1S/C20H14N4.C8H14O2/c1-2-14-10-16-5-6-18(23-16)12-20-8-7-19(24-20)11-17-4-3-15(22-17)9-13(1)21-14;1-3-5-6-7-10-8(9)4-2/h1-12,21,24H;4H,2-3,5-7H2,1H3. The van der Waals surface area contributed by atoms with E-state index in [1.807, 2.05) is 48.6 Å². The SMILES string of the molecule is C1=Cc2cc3ccc(cc4nc(cc5ccc(cc1n2)[nH]5)C=C4)[nH]3.C=CC(=O)OCCCCC. The van der Waals surface area contributed by atoms with E-state index in [9.17, 15) is 4.79 Å². The van der Waals surface area contributed by atoms with Crippen molar-refractivity contribution in [2.45, 2.75) is 26.2 Å². The van der Waals surface area contributed by atoms with E-state index in [1.54, 1.807) is 0 Å². The highest BCUT2D eigenvalue weighted by Gasteiger charge is 2.01. The van der Waals surface area contributed by atoms with Crippen molar-refractivity contribution in [1.29, 1.82) is 0 Å². The fourth-order valence-electron chi connectivity index (χ4n) is 3.53. The molecule has 0 amide bonds. The first-order chi connectivity index (χ1) is 16.6. The van der Waals surface area contributed by atoms with E-state index in [1.165, 1.54) is 6.08 Å². The normalized spacial score (nSPS) is 11.6. The molecule has 0 spiro atoms. The summed E-state index contributed by atoms with van der Waals surface area (Å²) >= 11 is 0. The number of aromatic amines is 2. The van der Waals surface area contributed by atoms with Gasteiger partial charge in [0.1, 0.15) is 0 Å². The van der Waals surface area contributed by atoms with Gasteiger partial charge in [0, 0.05) is 28.1 Å². The molecule has 5 heterocycles. The summed E-state index contributed by atoms with van der Waals surface area (Å²) in [5.41, 5.74) is 7.86. The minimum Gasteiger partial charge on any atom is -0.463 e. The minimum atomic E-state index is -0.323. The summed E-state index contributed by atoms with van der Waals surface area (Å²) in [7, 11) is 0. The molecule has 0 aliphatic carbocycles. The zero-order valence-corrected chi connectivity index (χ0v) is 19.3. The molecule has 3 aromatic heterocycles. The number of carbonyl (C=O) groups excluding carboxylic acids is 1. The van der Waals surface area contributed by atoms with Crippen molar-refractivity contribution in [3.05, 3.63) is 84.0 Å². The smallest absolute Gasteiger partial charge is 0.330 e. The molecule has 0 saturated carbocycles. The highest BCUT2D eigenvalue weighted by atomic mass is 16.5. The fraction of sp³-hybridized carbons (Fsp3) is 0.179. The van der Waals surface area contributed by atoms with Gasteiger partial charge in [0.05, 0.1) is 29.4 Å². The molecule has 0 aromatic carbocycles. The van der Waals surface area contributed by atoms with Crippen LogP contribution in [0, 0.1) is 0 Å². The van der Waals surface area contributed by atoms with Crippen molar-refractivity contribution < 1.29 is 9.53 Å². The summed E-state index contributed by atoms with van der Waals surface area (Å²) in [6.07, 6.45) is 12.5. The molecule has 6 nitrogen and oxygen atoms in total. The van der Waals surface area contributed by atoms with E-state index in [-0.39, 0.29) is 5.97 Å². The van der Waals surface area contributed by atoms with Crippen LogP contribution < -0.4 is 0 Å². The lowest BCUT2D eigenvalue weighted by Crippen LogP contribution is -2.01. The molecule has 5 rings (SSSR count). The van der Waals surface area contributed by atoms with Crippen LogP contribution in [0.3, 0.4) is 0 Å². The number of ether oxygens (including phenoxy) is 1. The summed E-state index contributed by atoms with van der Waals surface area (Å²) in [5, 5.41) is 0. The average Bonchev–Trinajstić information content (AvgIpc) is 3.63. The van der Waals surface area contributed by atoms with E-state index < -0.39 is 0 Å². The molecule has 8 bridgehead atoms. The van der Waals surface area contributed by atoms with Crippen LogP contribution in [0.15, 0.2) is 61.2 Å². The van der Waals surface area contributed by atoms with Crippen molar-refractivity contribution in [2.75, 3.05) is 6.61 Å². The second-order valence-corrected chi connectivity index (χ2v) is 7.98. The molecule has 2 N–H and O–H groups in total. The van der Waals surface area contributed by atoms with Crippen molar-refractivity contribution in [3.63, 3.8) is 0 Å². The van der Waals surface area contributed by atoms with Crippen molar-refractivity contribution in [2.24, 2.45) is 0 Å².